The van der Waals surface area contributed by atoms with Crippen LogP contribution in [0.3, 0.4) is 0 Å². The zero-order valence-corrected chi connectivity index (χ0v) is 12.5. The summed E-state index contributed by atoms with van der Waals surface area (Å²) in [5.74, 6) is 0.356. The maximum Gasteiger partial charge on any atom is 0.319 e. The number of carbonyl (C=O) groups excluding carboxylic acids is 1. The van der Waals surface area contributed by atoms with E-state index in [2.05, 4.69) is 10.6 Å². The molecule has 2 rings (SSSR count). The molecule has 1 unspecified atom stereocenters. The summed E-state index contributed by atoms with van der Waals surface area (Å²) in [5.41, 5.74) is -0.545. The molecule has 0 fully saturated rings. The van der Waals surface area contributed by atoms with Gasteiger partial charge in [0.05, 0.1) is 23.4 Å². The lowest BCUT2D eigenvalue weighted by Crippen LogP contribution is -2.40. The highest BCUT2D eigenvalue weighted by atomic mass is 35.5. The van der Waals surface area contributed by atoms with Crippen LogP contribution >= 0.6 is 11.6 Å². The molecule has 22 heavy (non-hydrogen) atoms. The van der Waals surface area contributed by atoms with Gasteiger partial charge in [0.25, 0.3) is 0 Å². The third kappa shape index (κ3) is 3.79. The second-order valence-corrected chi connectivity index (χ2v) is 5.27. The van der Waals surface area contributed by atoms with Crippen molar-refractivity contribution in [3.63, 3.8) is 0 Å². The molecular weight excluding hydrogens is 306 g/mol. The minimum absolute atomic E-state index is 0.0314. The quantitative estimate of drug-likeness (QED) is 0.807. The lowest BCUT2D eigenvalue weighted by atomic mass is 10.0. The number of furan rings is 1. The molecule has 0 aliphatic heterocycles. The lowest BCUT2D eigenvalue weighted by molar-refractivity contribution is 0.0372. The molecule has 2 aromatic rings. The van der Waals surface area contributed by atoms with Crippen LogP contribution in [0.25, 0.3) is 0 Å². The van der Waals surface area contributed by atoms with Crippen molar-refractivity contribution in [1.29, 1.82) is 5.26 Å². The summed E-state index contributed by atoms with van der Waals surface area (Å²) in [6.45, 7) is 1.50. The van der Waals surface area contributed by atoms with Crippen LogP contribution in [0, 0.1) is 11.3 Å². The van der Waals surface area contributed by atoms with Gasteiger partial charge < -0.3 is 20.2 Å². The number of halogens is 1. The maximum atomic E-state index is 11.8. The van der Waals surface area contributed by atoms with Gasteiger partial charge in [0.2, 0.25) is 0 Å². The molecule has 2 amide bonds. The van der Waals surface area contributed by atoms with Crippen LogP contribution in [0.15, 0.2) is 41.0 Å². The Hall–Kier alpha value is -2.49. The van der Waals surface area contributed by atoms with Crippen LogP contribution in [-0.2, 0) is 5.60 Å². The van der Waals surface area contributed by atoms with Crippen molar-refractivity contribution in [3.8, 4) is 6.07 Å². The first kappa shape index (κ1) is 15.9. The van der Waals surface area contributed by atoms with Gasteiger partial charge in [0.15, 0.2) is 0 Å². The minimum atomic E-state index is -1.32. The van der Waals surface area contributed by atoms with E-state index in [1.165, 1.54) is 25.3 Å². The van der Waals surface area contributed by atoms with Gasteiger partial charge >= 0.3 is 6.03 Å². The van der Waals surface area contributed by atoms with E-state index in [4.69, 9.17) is 21.3 Å². The fraction of sp³-hybridized carbons (Fsp3) is 0.200. The van der Waals surface area contributed by atoms with Gasteiger partial charge in [-0.1, -0.05) is 11.6 Å². The van der Waals surface area contributed by atoms with Gasteiger partial charge in [0.1, 0.15) is 17.4 Å². The Morgan fingerprint density at radius 2 is 2.27 bits per heavy atom. The minimum Gasteiger partial charge on any atom is -0.466 e. The summed E-state index contributed by atoms with van der Waals surface area (Å²) in [5, 5.41) is 24.4. The molecule has 0 saturated carbocycles. The van der Waals surface area contributed by atoms with Crippen molar-refractivity contribution >= 4 is 23.3 Å². The summed E-state index contributed by atoms with van der Waals surface area (Å²) in [4.78, 5) is 11.8. The molecule has 3 N–H and O–H groups in total. The largest absolute Gasteiger partial charge is 0.466 e. The van der Waals surface area contributed by atoms with E-state index < -0.39 is 11.6 Å². The van der Waals surface area contributed by atoms with E-state index in [1.807, 2.05) is 6.07 Å². The lowest BCUT2D eigenvalue weighted by Gasteiger charge is -2.21. The summed E-state index contributed by atoms with van der Waals surface area (Å²) < 4.78 is 5.12. The predicted molar refractivity (Wildman–Crippen MR) is 81.5 cm³/mol. The molecule has 1 aromatic heterocycles. The molecule has 114 valence electrons. The molecule has 0 saturated heterocycles. The van der Waals surface area contributed by atoms with Crippen LogP contribution in [0.2, 0.25) is 5.02 Å². The molecule has 7 heteroatoms. The van der Waals surface area contributed by atoms with E-state index in [-0.39, 0.29) is 11.6 Å². The summed E-state index contributed by atoms with van der Waals surface area (Å²) in [6, 6.07) is 9.26. The number of hydrogen-bond donors (Lipinski definition) is 3. The number of amides is 2. The highest BCUT2D eigenvalue weighted by Crippen LogP contribution is 2.21. The molecule has 0 radical (unpaired) electrons. The van der Waals surface area contributed by atoms with Crippen molar-refractivity contribution in [2.24, 2.45) is 0 Å². The van der Waals surface area contributed by atoms with Crippen LogP contribution < -0.4 is 10.6 Å². The smallest absolute Gasteiger partial charge is 0.319 e. The van der Waals surface area contributed by atoms with Gasteiger partial charge in [-0.25, -0.2) is 4.79 Å². The Balaban J connectivity index is 1.94. The fourth-order valence-electron chi connectivity index (χ4n) is 1.78. The molecule has 0 aliphatic carbocycles. The number of hydrogen-bond acceptors (Lipinski definition) is 4. The Morgan fingerprint density at radius 1 is 1.50 bits per heavy atom. The van der Waals surface area contributed by atoms with Crippen molar-refractivity contribution in [2.45, 2.75) is 12.5 Å². The third-order valence-corrected chi connectivity index (χ3v) is 3.31. The standard InChI is InChI=1S/C15H14ClN3O3/c1-15(21,13-3-2-6-22-13)9-18-14(20)19-11-5-4-10(8-17)12(16)7-11/h2-7,21H,9H2,1H3,(H2,18,19,20). The van der Waals surface area contributed by atoms with Gasteiger partial charge in [-0.05, 0) is 37.3 Å². The molecular formula is C15H14ClN3O3. The van der Waals surface area contributed by atoms with Crippen LogP contribution in [0.1, 0.15) is 18.2 Å². The fourth-order valence-corrected chi connectivity index (χ4v) is 2.01. The van der Waals surface area contributed by atoms with E-state index in [0.29, 0.717) is 17.0 Å². The van der Waals surface area contributed by atoms with E-state index in [9.17, 15) is 9.90 Å². The van der Waals surface area contributed by atoms with E-state index >= 15 is 0 Å². The number of carbonyl (C=O) groups is 1. The Kier molecular flexibility index (Phi) is 4.71. The molecule has 1 aromatic carbocycles. The second kappa shape index (κ2) is 6.52. The number of nitriles is 1. The maximum absolute atomic E-state index is 11.8. The average molecular weight is 320 g/mol. The first-order chi connectivity index (χ1) is 10.4. The predicted octanol–water partition coefficient (Wildman–Crippen LogP) is 2.83. The van der Waals surface area contributed by atoms with Crippen molar-refractivity contribution in [1.82, 2.24) is 5.32 Å². The zero-order chi connectivity index (χ0) is 16.2. The normalized spacial score (nSPS) is 13.0. The number of rotatable bonds is 4. The van der Waals surface area contributed by atoms with Crippen molar-refractivity contribution in [2.75, 3.05) is 11.9 Å². The van der Waals surface area contributed by atoms with Gasteiger partial charge in [0, 0.05) is 5.69 Å². The van der Waals surface area contributed by atoms with E-state index in [0.717, 1.165) is 0 Å². The van der Waals surface area contributed by atoms with Crippen molar-refractivity contribution in [3.05, 3.63) is 52.9 Å². The van der Waals surface area contributed by atoms with Crippen molar-refractivity contribution < 1.29 is 14.3 Å². The SMILES string of the molecule is CC(O)(CNC(=O)Nc1ccc(C#N)c(Cl)c1)c1ccco1. The first-order valence-corrected chi connectivity index (χ1v) is 6.81. The van der Waals surface area contributed by atoms with Gasteiger partial charge in [-0.3, -0.25) is 0 Å². The molecule has 6 nitrogen and oxygen atoms in total. The Bertz CT molecular complexity index is 705. The number of anilines is 1. The summed E-state index contributed by atoms with van der Waals surface area (Å²) >= 11 is 5.88. The molecule has 1 atom stereocenters. The number of aliphatic hydroxyl groups is 1. The monoisotopic (exact) mass is 319 g/mol. The average Bonchev–Trinajstić information content (AvgIpc) is 3.00. The molecule has 0 bridgehead atoms. The highest BCUT2D eigenvalue weighted by molar-refractivity contribution is 6.32. The topological polar surface area (TPSA) is 98.3 Å². The first-order valence-electron chi connectivity index (χ1n) is 6.43. The third-order valence-electron chi connectivity index (χ3n) is 2.99. The van der Waals surface area contributed by atoms with Gasteiger partial charge in [-0.15, -0.1) is 0 Å². The van der Waals surface area contributed by atoms with Crippen LogP contribution in [-0.4, -0.2) is 17.7 Å². The Labute approximate surface area is 132 Å². The molecule has 0 spiro atoms. The number of nitrogens with one attached hydrogen (secondary N) is 2. The Morgan fingerprint density at radius 3 is 2.86 bits per heavy atom. The number of nitrogens with zero attached hydrogens (tertiary/aromatic N) is 1. The highest BCUT2D eigenvalue weighted by Gasteiger charge is 2.26. The van der Waals surface area contributed by atoms with Gasteiger partial charge in [-0.2, -0.15) is 5.26 Å². The molecule has 0 aliphatic rings. The van der Waals surface area contributed by atoms with Crippen LogP contribution in [0.5, 0.6) is 0 Å². The number of urea groups is 1. The second-order valence-electron chi connectivity index (χ2n) is 4.87. The summed E-state index contributed by atoms with van der Waals surface area (Å²) in [6.07, 6.45) is 1.45. The van der Waals surface area contributed by atoms with Crippen LogP contribution in [0.4, 0.5) is 10.5 Å². The zero-order valence-electron chi connectivity index (χ0n) is 11.8. The summed E-state index contributed by atoms with van der Waals surface area (Å²) in [7, 11) is 0. The van der Waals surface area contributed by atoms with E-state index in [1.54, 1.807) is 18.2 Å². The number of benzene rings is 1. The molecule has 1 heterocycles.